The molecule has 0 N–H and O–H groups in total. The Hall–Kier alpha value is -0.0400. The Morgan fingerprint density at radius 2 is 2.14 bits per heavy atom. The monoisotopic (exact) mass is 98.1 g/mol. The highest BCUT2D eigenvalue weighted by Gasteiger charge is 2.22. The molecular formula is C6H12N. The van der Waals surface area contributed by atoms with Crippen molar-refractivity contribution in [1.82, 2.24) is 5.32 Å². The van der Waals surface area contributed by atoms with Gasteiger partial charge in [-0.15, -0.1) is 0 Å². The molecule has 1 heteroatoms. The second-order valence-electron chi connectivity index (χ2n) is 2.80. The molecule has 0 amide bonds. The first-order valence-electron chi connectivity index (χ1n) is 2.89. The molecule has 7 heavy (non-hydrogen) atoms. The van der Waals surface area contributed by atoms with Crippen LogP contribution in [0.3, 0.4) is 0 Å². The smallest absolute Gasteiger partial charge is 0.0301 e. The minimum Gasteiger partial charge on any atom is -0.236 e. The van der Waals surface area contributed by atoms with E-state index in [0.29, 0.717) is 5.54 Å². The maximum absolute atomic E-state index is 4.37. The second-order valence-corrected chi connectivity index (χ2v) is 2.80. The van der Waals surface area contributed by atoms with E-state index in [0.717, 1.165) is 6.54 Å². The van der Waals surface area contributed by atoms with Gasteiger partial charge in [0.15, 0.2) is 0 Å². The van der Waals surface area contributed by atoms with Gasteiger partial charge in [0.25, 0.3) is 0 Å². The molecule has 0 aromatic rings. The topological polar surface area (TPSA) is 14.1 Å². The summed E-state index contributed by atoms with van der Waals surface area (Å²) in [5, 5.41) is 4.37. The van der Waals surface area contributed by atoms with Crippen LogP contribution in [-0.4, -0.2) is 12.1 Å². The lowest BCUT2D eigenvalue weighted by Crippen LogP contribution is -2.24. The van der Waals surface area contributed by atoms with Crippen molar-refractivity contribution in [1.29, 1.82) is 0 Å². The van der Waals surface area contributed by atoms with Crippen molar-refractivity contribution in [3.8, 4) is 0 Å². The molecule has 0 aliphatic carbocycles. The summed E-state index contributed by atoms with van der Waals surface area (Å²) in [6.45, 7) is 5.48. The molecular weight excluding hydrogens is 86.1 g/mol. The average Bonchev–Trinajstić information content (AvgIpc) is 1.84. The summed E-state index contributed by atoms with van der Waals surface area (Å²) in [4.78, 5) is 0. The first-order chi connectivity index (χ1) is 3.21. The van der Waals surface area contributed by atoms with Crippen LogP contribution in [0.1, 0.15) is 26.7 Å². The van der Waals surface area contributed by atoms with Gasteiger partial charge in [0, 0.05) is 12.1 Å². The lowest BCUT2D eigenvalue weighted by molar-refractivity contribution is 0.451. The van der Waals surface area contributed by atoms with Crippen molar-refractivity contribution in [2.45, 2.75) is 32.2 Å². The Morgan fingerprint density at radius 3 is 2.29 bits per heavy atom. The highest BCUT2D eigenvalue weighted by molar-refractivity contribution is 4.82. The van der Waals surface area contributed by atoms with E-state index in [2.05, 4.69) is 19.2 Å². The molecule has 1 rings (SSSR count). The molecule has 0 saturated carbocycles. The molecule has 0 spiro atoms. The molecule has 1 saturated heterocycles. The summed E-state index contributed by atoms with van der Waals surface area (Å²) in [7, 11) is 0. The van der Waals surface area contributed by atoms with Crippen LogP contribution in [-0.2, 0) is 0 Å². The summed E-state index contributed by atoms with van der Waals surface area (Å²) in [6.07, 6.45) is 2.58. The Morgan fingerprint density at radius 1 is 1.43 bits per heavy atom. The molecule has 1 radical (unpaired) electrons. The number of hydrogen-bond acceptors (Lipinski definition) is 0. The normalized spacial score (nSPS) is 28.3. The first-order valence-corrected chi connectivity index (χ1v) is 2.89. The zero-order valence-electron chi connectivity index (χ0n) is 5.07. The van der Waals surface area contributed by atoms with Gasteiger partial charge in [0.1, 0.15) is 0 Å². The maximum atomic E-state index is 4.37. The maximum Gasteiger partial charge on any atom is 0.0301 e. The van der Waals surface area contributed by atoms with Crippen molar-refractivity contribution in [2.24, 2.45) is 0 Å². The zero-order chi connectivity index (χ0) is 5.33. The first kappa shape index (κ1) is 5.10. The zero-order valence-corrected chi connectivity index (χ0v) is 5.07. The van der Waals surface area contributed by atoms with Gasteiger partial charge < -0.3 is 0 Å². The van der Waals surface area contributed by atoms with Crippen LogP contribution in [0.2, 0.25) is 0 Å². The number of hydrogen-bond donors (Lipinski definition) is 0. The van der Waals surface area contributed by atoms with E-state index in [9.17, 15) is 0 Å². The van der Waals surface area contributed by atoms with E-state index in [1.807, 2.05) is 0 Å². The van der Waals surface area contributed by atoms with Crippen LogP contribution in [0.5, 0.6) is 0 Å². The summed E-state index contributed by atoms with van der Waals surface area (Å²) in [6, 6.07) is 0. The lowest BCUT2D eigenvalue weighted by Gasteiger charge is -2.13. The average molecular weight is 98.2 g/mol. The molecule has 0 aromatic heterocycles. The van der Waals surface area contributed by atoms with Crippen molar-refractivity contribution in [3.05, 3.63) is 0 Å². The summed E-state index contributed by atoms with van der Waals surface area (Å²) >= 11 is 0. The molecule has 1 aliphatic rings. The van der Waals surface area contributed by atoms with Crippen molar-refractivity contribution in [2.75, 3.05) is 6.54 Å². The summed E-state index contributed by atoms with van der Waals surface area (Å²) in [5.41, 5.74) is 0.319. The Balaban J connectivity index is 2.40. The molecule has 1 heterocycles. The SMILES string of the molecule is CC1(C)CCC[N]1. The van der Waals surface area contributed by atoms with Crippen LogP contribution >= 0.6 is 0 Å². The molecule has 0 bridgehead atoms. The highest BCUT2D eigenvalue weighted by Crippen LogP contribution is 2.18. The largest absolute Gasteiger partial charge is 0.236 e. The fourth-order valence-electron chi connectivity index (χ4n) is 0.972. The van der Waals surface area contributed by atoms with Crippen molar-refractivity contribution < 1.29 is 0 Å². The third kappa shape index (κ3) is 1.16. The van der Waals surface area contributed by atoms with Crippen LogP contribution in [0, 0.1) is 0 Å². The van der Waals surface area contributed by atoms with Crippen LogP contribution in [0.15, 0.2) is 0 Å². The summed E-state index contributed by atoms with van der Waals surface area (Å²) < 4.78 is 0. The van der Waals surface area contributed by atoms with Gasteiger partial charge in [-0.25, -0.2) is 5.32 Å². The molecule has 1 fully saturated rings. The highest BCUT2D eigenvalue weighted by atomic mass is 15.0. The second kappa shape index (κ2) is 1.48. The van der Waals surface area contributed by atoms with Gasteiger partial charge in [0.05, 0.1) is 0 Å². The van der Waals surface area contributed by atoms with Gasteiger partial charge in [-0.05, 0) is 26.7 Å². The molecule has 0 aromatic carbocycles. The molecule has 0 unspecified atom stereocenters. The predicted molar refractivity (Wildman–Crippen MR) is 30.3 cm³/mol. The summed E-state index contributed by atoms with van der Waals surface area (Å²) in [5.74, 6) is 0. The Bertz CT molecular complexity index is 58.6. The van der Waals surface area contributed by atoms with E-state index in [1.54, 1.807) is 0 Å². The van der Waals surface area contributed by atoms with Gasteiger partial charge in [-0.1, -0.05) is 0 Å². The van der Waals surface area contributed by atoms with Gasteiger partial charge in [-0.3, -0.25) is 0 Å². The van der Waals surface area contributed by atoms with Gasteiger partial charge in [0.2, 0.25) is 0 Å². The van der Waals surface area contributed by atoms with Gasteiger partial charge in [-0.2, -0.15) is 0 Å². The van der Waals surface area contributed by atoms with E-state index in [-0.39, 0.29) is 0 Å². The number of nitrogens with zero attached hydrogens (tertiary/aromatic N) is 1. The van der Waals surface area contributed by atoms with Crippen molar-refractivity contribution >= 4 is 0 Å². The van der Waals surface area contributed by atoms with Gasteiger partial charge >= 0.3 is 0 Å². The third-order valence-electron chi connectivity index (χ3n) is 1.49. The molecule has 41 valence electrons. The van der Waals surface area contributed by atoms with Crippen LogP contribution in [0.25, 0.3) is 0 Å². The Kier molecular flexibility index (Phi) is 1.08. The molecule has 1 aliphatic heterocycles. The minimum absolute atomic E-state index is 0.319. The van der Waals surface area contributed by atoms with E-state index in [1.165, 1.54) is 12.8 Å². The lowest BCUT2D eigenvalue weighted by atomic mass is 10.0. The quantitative estimate of drug-likeness (QED) is 0.431. The van der Waals surface area contributed by atoms with Crippen LogP contribution < -0.4 is 5.32 Å². The van der Waals surface area contributed by atoms with Crippen LogP contribution in [0.4, 0.5) is 0 Å². The molecule has 0 atom stereocenters. The fourth-order valence-corrected chi connectivity index (χ4v) is 0.972. The third-order valence-corrected chi connectivity index (χ3v) is 1.49. The number of rotatable bonds is 0. The Labute approximate surface area is 45.1 Å². The standard InChI is InChI=1S/C6H12N/c1-6(2)4-3-5-7-6/h3-5H2,1-2H3. The van der Waals surface area contributed by atoms with Crippen molar-refractivity contribution in [3.63, 3.8) is 0 Å². The minimum atomic E-state index is 0.319. The molecule has 1 nitrogen and oxygen atoms in total. The van der Waals surface area contributed by atoms with E-state index in [4.69, 9.17) is 0 Å². The van der Waals surface area contributed by atoms with E-state index >= 15 is 0 Å². The predicted octanol–water partition coefficient (Wildman–Crippen LogP) is 1.16. The van der Waals surface area contributed by atoms with E-state index < -0.39 is 0 Å². The fraction of sp³-hybridized carbons (Fsp3) is 1.00.